The number of amides is 1. The molecule has 0 bridgehead atoms. The van der Waals surface area contributed by atoms with E-state index in [9.17, 15) is 24.9 Å². The molecule has 0 saturated carbocycles. The maximum absolute atomic E-state index is 12.4. The van der Waals surface area contributed by atoms with Crippen LogP contribution < -0.4 is 0 Å². The van der Waals surface area contributed by atoms with Gasteiger partial charge in [0.15, 0.2) is 12.4 Å². The van der Waals surface area contributed by atoms with Crippen LogP contribution >= 0.6 is 0 Å². The lowest BCUT2D eigenvalue weighted by molar-refractivity contribution is -0.301. The van der Waals surface area contributed by atoms with Crippen LogP contribution in [0, 0.1) is 0 Å². The van der Waals surface area contributed by atoms with Gasteiger partial charge in [-0.2, -0.15) is 0 Å². The van der Waals surface area contributed by atoms with Gasteiger partial charge in [-0.1, -0.05) is 6.07 Å². The van der Waals surface area contributed by atoms with Crippen molar-refractivity contribution in [2.24, 2.45) is 0 Å². The van der Waals surface area contributed by atoms with Crippen LogP contribution in [0.25, 0.3) is 0 Å². The first-order chi connectivity index (χ1) is 12.3. The van der Waals surface area contributed by atoms with E-state index in [4.69, 9.17) is 14.6 Å². The Balaban J connectivity index is 1.73. The SMILES string of the molecule is CN1C(=O)[C@@H](O[C@H]2O[C@@H](C(=O)O)[C@H](O)[C@@H](O)[C@@H]2O)C[C@@H]1c1cccnc1. The standard InChI is InChI=1S/C16H20N2O8/c1-18-8(7-3-2-4-17-6-7)5-9(14(18)22)25-16-12(21)10(19)11(20)13(26-16)15(23)24/h2-4,6,8-13,16,19-21H,5H2,1H3,(H,23,24)/t8-,9+,10-,11-,12+,13-,16+/m1/s1. The molecule has 0 aromatic carbocycles. The summed E-state index contributed by atoms with van der Waals surface area (Å²) in [6, 6.07) is 3.26. The third-order valence-corrected chi connectivity index (χ3v) is 4.71. The number of hydrogen-bond acceptors (Lipinski definition) is 8. The number of carbonyl (C=O) groups excluding carboxylic acids is 1. The van der Waals surface area contributed by atoms with E-state index in [0.717, 1.165) is 5.56 Å². The van der Waals surface area contributed by atoms with Crippen LogP contribution in [0.5, 0.6) is 0 Å². The average molecular weight is 368 g/mol. The zero-order valence-corrected chi connectivity index (χ0v) is 13.9. The van der Waals surface area contributed by atoms with E-state index in [0.29, 0.717) is 0 Å². The lowest BCUT2D eigenvalue weighted by Gasteiger charge is -2.39. The quantitative estimate of drug-likeness (QED) is 0.486. The van der Waals surface area contributed by atoms with E-state index in [1.165, 1.54) is 4.90 Å². The molecule has 26 heavy (non-hydrogen) atoms. The number of nitrogens with zero attached hydrogens (tertiary/aromatic N) is 2. The third kappa shape index (κ3) is 3.29. The fraction of sp³-hybridized carbons (Fsp3) is 0.562. The zero-order valence-electron chi connectivity index (χ0n) is 13.9. The molecule has 0 radical (unpaired) electrons. The van der Waals surface area contributed by atoms with Crippen molar-refractivity contribution in [1.29, 1.82) is 0 Å². The molecule has 10 heteroatoms. The largest absolute Gasteiger partial charge is 0.479 e. The van der Waals surface area contributed by atoms with Crippen LogP contribution in [0.2, 0.25) is 0 Å². The molecule has 142 valence electrons. The number of aliphatic carboxylic acids is 1. The molecule has 2 saturated heterocycles. The number of aromatic nitrogens is 1. The smallest absolute Gasteiger partial charge is 0.335 e. The van der Waals surface area contributed by atoms with E-state index >= 15 is 0 Å². The van der Waals surface area contributed by atoms with Crippen LogP contribution in [-0.4, -0.2) is 86.0 Å². The molecule has 0 aliphatic carbocycles. The minimum Gasteiger partial charge on any atom is -0.479 e. The number of aliphatic hydroxyl groups excluding tert-OH is 3. The van der Waals surface area contributed by atoms with Gasteiger partial charge in [-0.3, -0.25) is 9.78 Å². The number of carbonyl (C=O) groups is 2. The molecule has 3 rings (SSSR count). The van der Waals surface area contributed by atoms with Crippen LogP contribution in [0.3, 0.4) is 0 Å². The molecule has 2 fully saturated rings. The third-order valence-electron chi connectivity index (χ3n) is 4.71. The molecule has 10 nitrogen and oxygen atoms in total. The lowest BCUT2D eigenvalue weighted by atomic mass is 9.99. The van der Waals surface area contributed by atoms with E-state index in [2.05, 4.69) is 4.98 Å². The Labute approximate surface area is 148 Å². The molecule has 1 aromatic heterocycles. The fourth-order valence-electron chi connectivity index (χ4n) is 3.22. The molecule has 0 unspecified atom stereocenters. The van der Waals surface area contributed by atoms with Crippen LogP contribution in [0.1, 0.15) is 18.0 Å². The predicted molar refractivity (Wildman–Crippen MR) is 83.6 cm³/mol. The predicted octanol–water partition coefficient (Wildman–Crippen LogP) is -1.74. The Hall–Kier alpha value is -2.11. The average Bonchev–Trinajstić information content (AvgIpc) is 2.91. The first-order valence-corrected chi connectivity index (χ1v) is 8.05. The summed E-state index contributed by atoms with van der Waals surface area (Å²) in [7, 11) is 1.60. The van der Waals surface area contributed by atoms with Crippen molar-refractivity contribution in [2.75, 3.05) is 7.05 Å². The molecule has 2 aliphatic rings. The molecular formula is C16H20N2O8. The van der Waals surface area contributed by atoms with Gasteiger partial charge in [0.25, 0.3) is 5.91 Å². The molecule has 2 aliphatic heterocycles. The number of pyridine rings is 1. The maximum atomic E-state index is 12.4. The van der Waals surface area contributed by atoms with Gasteiger partial charge in [0.05, 0.1) is 6.04 Å². The summed E-state index contributed by atoms with van der Waals surface area (Å²) in [5.74, 6) is -1.89. The summed E-state index contributed by atoms with van der Waals surface area (Å²) in [5.41, 5.74) is 0.804. The Morgan fingerprint density at radius 3 is 2.65 bits per heavy atom. The minimum absolute atomic E-state index is 0.240. The zero-order chi connectivity index (χ0) is 19.0. The van der Waals surface area contributed by atoms with Crippen molar-refractivity contribution < 1.29 is 39.5 Å². The van der Waals surface area contributed by atoms with Crippen molar-refractivity contribution in [3.63, 3.8) is 0 Å². The maximum Gasteiger partial charge on any atom is 0.335 e. The summed E-state index contributed by atoms with van der Waals surface area (Å²) in [5, 5.41) is 38.6. The summed E-state index contributed by atoms with van der Waals surface area (Å²) in [6.45, 7) is 0. The summed E-state index contributed by atoms with van der Waals surface area (Å²) >= 11 is 0. The number of likely N-dealkylation sites (N-methyl/N-ethyl adjacent to an activating group) is 1. The van der Waals surface area contributed by atoms with Gasteiger partial charge in [0.2, 0.25) is 0 Å². The van der Waals surface area contributed by atoms with Crippen LogP contribution in [0.4, 0.5) is 0 Å². The molecule has 7 atom stereocenters. The highest BCUT2D eigenvalue weighted by Gasteiger charge is 2.50. The number of likely N-dealkylation sites (tertiary alicyclic amines) is 1. The molecule has 1 amide bonds. The number of hydrogen-bond donors (Lipinski definition) is 4. The van der Waals surface area contributed by atoms with Crippen molar-refractivity contribution in [1.82, 2.24) is 9.88 Å². The second-order valence-electron chi connectivity index (χ2n) is 6.35. The van der Waals surface area contributed by atoms with Crippen LogP contribution in [-0.2, 0) is 19.1 Å². The highest BCUT2D eigenvalue weighted by atomic mass is 16.7. The summed E-state index contributed by atoms with van der Waals surface area (Å²) < 4.78 is 10.5. The highest BCUT2D eigenvalue weighted by Crippen LogP contribution is 2.34. The van der Waals surface area contributed by atoms with Gasteiger partial charge in [-0.15, -0.1) is 0 Å². The van der Waals surface area contributed by atoms with Gasteiger partial charge in [0, 0.05) is 25.9 Å². The van der Waals surface area contributed by atoms with Crippen molar-refractivity contribution in [3.05, 3.63) is 30.1 Å². The molecule has 0 spiro atoms. The van der Waals surface area contributed by atoms with Gasteiger partial charge < -0.3 is 34.8 Å². The van der Waals surface area contributed by atoms with Crippen molar-refractivity contribution >= 4 is 11.9 Å². The summed E-state index contributed by atoms with van der Waals surface area (Å²) in [6.07, 6.45) is -6.15. The Morgan fingerprint density at radius 1 is 1.31 bits per heavy atom. The van der Waals surface area contributed by atoms with Crippen LogP contribution in [0.15, 0.2) is 24.5 Å². The monoisotopic (exact) mass is 368 g/mol. The Bertz CT molecular complexity index is 671. The number of aliphatic hydroxyl groups is 3. The first-order valence-electron chi connectivity index (χ1n) is 8.05. The Morgan fingerprint density at radius 2 is 2.04 bits per heavy atom. The van der Waals surface area contributed by atoms with Gasteiger partial charge in [-0.25, -0.2) is 4.79 Å². The number of carboxylic acid groups (broad SMARTS) is 1. The Kier molecular flexibility index (Phi) is 5.21. The number of ether oxygens (including phenoxy) is 2. The lowest BCUT2D eigenvalue weighted by Crippen LogP contribution is -2.61. The van der Waals surface area contributed by atoms with Crippen molar-refractivity contribution in [2.45, 2.75) is 49.3 Å². The molecule has 3 heterocycles. The molecular weight excluding hydrogens is 348 g/mol. The first kappa shape index (κ1) is 18.7. The summed E-state index contributed by atoms with van der Waals surface area (Å²) in [4.78, 5) is 29.1. The highest BCUT2D eigenvalue weighted by molar-refractivity contribution is 5.83. The number of carboxylic acids is 1. The van der Waals surface area contributed by atoms with E-state index in [1.54, 1.807) is 25.5 Å². The second kappa shape index (κ2) is 7.25. The molecule has 4 N–H and O–H groups in total. The topological polar surface area (TPSA) is 150 Å². The van der Waals surface area contributed by atoms with Gasteiger partial charge in [-0.05, 0) is 11.6 Å². The van der Waals surface area contributed by atoms with Gasteiger partial charge in [0.1, 0.15) is 24.4 Å². The molecule has 1 aromatic rings. The second-order valence-corrected chi connectivity index (χ2v) is 6.35. The van der Waals surface area contributed by atoms with Crippen molar-refractivity contribution in [3.8, 4) is 0 Å². The minimum atomic E-state index is -1.81. The fourth-order valence-corrected chi connectivity index (χ4v) is 3.22. The van der Waals surface area contributed by atoms with E-state index in [-0.39, 0.29) is 18.4 Å². The van der Waals surface area contributed by atoms with E-state index in [1.807, 2.05) is 6.07 Å². The van der Waals surface area contributed by atoms with E-state index < -0.39 is 42.8 Å². The normalized spacial score (nSPS) is 37.8. The number of rotatable bonds is 4. The van der Waals surface area contributed by atoms with Gasteiger partial charge >= 0.3 is 5.97 Å².